The summed E-state index contributed by atoms with van der Waals surface area (Å²) in [6.45, 7) is 2.22. The van der Waals surface area contributed by atoms with E-state index in [4.69, 9.17) is 4.74 Å². The molecule has 0 saturated heterocycles. The van der Waals surface area contributed by atoms with E-state index < -0.39 is 0 Å². The number of benzene rings is 1. The number of alkyl halides is 1. The molecule has 0 aliphatic heterocycles. The van der Waals surface area contributed by atoms with Gasteiger partial charge in [-0.3, -0.25) is 4.79 Å². The van der Waals surface area contributed by atoms with Crippen LogP contribution >= 0.6 is 47.8 Å². The molecule has 0 amide bonds. The molecule has 1 rings (SSSR count). The highest BCUT2D eigenvalue weighted by Gasteiger charge is 2.10. The van der Waals surface area contributed by atoms with Crippen molar-refractivity contribution >= 4 is 53.8 Å². The zero-order valence-corrected chi connectivity index (χ0v) is 13.5. The molecule has 0 bridgehead atoms. The smallest absolute Gasteiger partial charge is 0.310 e. The van der Waals surface area contributed by atoms with Crippen LogP contribution in [-0.2, 0) is 21.3 Å². The Morgan fingerprint density at radius 3 is 2.44 bits per heavy atom. The van der Waals surface area contributed by atoms with Crippen molar-refractivity contribution in [2.75, 3.05) is 6.61 Å². The van der Waals surface area contributed by atoms with Crippen molar-refractivity contribution in [1.82, 2.24) is 0 Å². The molecule has 0 saturated carbocycles. The Hall–Kier alpha value is 0.130. The van der Waals surface area contributed by atoms with Gasteiger partial charge in [-0.1, -0.05) is 53.9 Å². The lowest BCUT2D eigenvalue weighted by atomic mass is 10.1. The largest absolute Gasteiger partial charge is 0.466 e. The van der Waals surface area contributed by atoms with Crippen molar-refractivity contribution < 1.29 is 9.53 Å². The van der Waals surface area contributed by atoms with E-state index in [-0.39, 0.29) is 5.97 Å². The van der Waals surface area contributed by atoms with Gasteiger partial charge in [0, 0.05) is 14.3 Å². The fourth-order valence-electron chi connectivity index (χ4n) is 1.25. The molecule has 16 heavy (non-hydrogen) atoms. The van der Waals surface area contributed by atoms with E-state index in [9.17, 15) is 4.79 Å². The maximum atomic E-state index is 11.4. The molecule has 0 fully saturated rings. The van der Waals surface area contributed by atoms with Gasteiger partial charge >= 0.3 is 5.97 Å². The van der Waals surface area contributed by atoms with Crippen LogP contribution in [0, 0.1) is 0 Å². The maximum absolute atomic E-state index is 11.4. The highest BCUT2D eigenvalue weighted by Crippen LogP contribution is 2.28. The summed E-state index contributed by atoms with van der Waals surface area (Å²) in [5.74, 6) is -0.203. The zero-order valence-electron chi connectivity index (χ0n) is 8.73. The van der Waals surface area contributed by atoms with Crippen LogP contribution in [0.2, 0.25) is 0 Å². The number of carbonyl (C=O) groups excluding carboxylic acids is 1. The lowest BCUT2D eigenvalue weighted by molar-refractivity contribution is -0.142. The summed E-state index contributed by atoms with van der Waals surface area (Å²) in [4.78, 5) is 11.4. The zero-order chi connectivity index (χ0) is 12.1. The minimum Gasteiger partial charge on any atom is -0.466 e. The van der Waals surface area contributed by atoms with Crippen molar-refractivity contribution in [2.45, 2.75) is 18.7 Å². The van der Waals surface area contributed by atoms with Crippen molar-refractivity contribution in [3.63, 3.8) is 0 Å². The second-order valence-corrected chi connectivity index (χ2v) is 5.42. The predicted octanol–water partition coefficient (Wildman–Crippen LogP) is 4.21. The number of rotatable bonds is 4. The summed E-state index contributed by atoms with van der Waals surface area (Å²) < 4.78 is 6.85. The number of hydrogen-bond donors (Lipinski definition) is 0. The van der Waals surface area contributed by atoms with E-state index in [0.717, 1.165) is 25.4 Å². The second-order valence-electron chi connectivity index (χ2n) is 3.15. The number of halogens is 3. The third-order valence-corrected chi connectivity index (χ3v) is 4.08. The van der Waals surface area contributed by atoms with Crippen LogP contribution in [0.5, 0.6) is 0 Å². The standard InChI is InChI=1S/C11H11Br3O2/c1-2-16-11(15)4-7-3-8(6-12)10(14)5-9(7)13/h3,5H,2,4,6H2,1H3. The summed E-state index contributed by atoms with van der Waals surface area (Å²) in [6.07, 6.45) is 0.293. The molecular weight excluding hydrogens is 404 g/mol. The van der Waals surface area contributed by atoms with Gasteiger partial charge in [0.05, 0.1) is 13.0 Å². The first-order valence-corrected chi connectivity index (χ1v) is 7.47. The van der Waals surface area contributed by atoms with Gasteiger partial charge in [-0.2, -0.15) is 0 Å². The van der Waals surface area contributed by atoms with E-state index in [1.807, 2.05) is 12.1 Å². The summed E-state index contributed by atoms with van der Waals surface area (Å²) >= 11 is 10.3. The number of esters is 1. The van der Waals surface area contributed by atoms with E-state index in [1.54, 1.807) is 6.92 Å². The van der Waals surface area contributed by atoms with Crippen LogP contribution in [0.15, 0.2) is 21.1 Å². The second kappa shape index (κ2) is 6.77. The average molecular weight is 415 g/mol. The van der Waals surface area contributed by atoms with E-state index in [2.05, 4.69) is 47.8 Å². The lowest BCUT2D eigenvalue weighted by Crippen LogP contribution is -2.08. The number of carbonyl (C=O) groups is 1. The van der Waals surface area contributed by atoms with Gasteiger partial charge in [-0.15, -0.1) is 0 Å². The van der Waals surface area contributed by atoms with Crippen LogP contribution in [0.4, 0.5) is 0 Å². The Kier molecular flexibility index (Phi) is 6.00. The fourth-order valence-corrected chi connectivity index (χ4v) is 3.36. The van der Waals surface area contributed by atoms with Gasteiger partial charge in [-0.25, -0.2) is 0 Å². The molecule has 5 heteroatoms. The quantitative estimate of drug-likeness (QED) is 0.545. The van der Waals surface area contributed by atoms with Crippen LogP contribution in [0.3, 0.4) is 0 Å². The van der Waals surface area contributed by atoms with Gasteiger partial charge in [0.1, 0.15) is 0 Å². The van der Waals surface area contributed by atoms with Crippen molar-refractivity contribution in [2.24, 2.45) is 0 Å². The summed E-state index contributed by atoms with van der Waals surface area (Å²) in [7, 11) is 0. The van der Waals surface area contributed by atoms with Gasteiger partial charge in [0.15, 0.2) is 0 Å². The first kappa shape index (κ1) is 14.2. The Bertz CT molecular complexity index is 391. The third kappa shape index (κ3) is 3.86. The predicted molar refractivity (Wildman–Crippen MR) is 74.8 cm³/mol. The SMILES string of the molecule is CCOC(=O)Cc1cc(CBr)c(Br)cc1Br. The van der Waals surface area contributed by atoms with Crippen molar-refractivity contribution in [3.8, 4) is 0 Å². The Morgan fingerprint density at radius 2 is 1.88 bits per heavy atom. The molecule has 0 N–H and O–H groups in total. The third-order valence-electron chi connectivity index (χ3n) is 2.00. The summed E-state index contributed by atoms with van der Waals surface area (Å²) in [5.41, 5.74) is 2.05. The average Bonchev–Trinajstić information content (AvgIpc) is 2.22. The molecule has 88 valence electrons. The minimum absolute atomic E-state index is 0.203. The first-order chi connectivity index (χ1) is 7.58. The summed E-state index contributed by atoms with van der Waals surface area (Å²) in [5, 5.41) is 0.747. The molecule has 1 aromatic carbocycles. The molecule has 0 heterocycles. The van der Waals surface area contributed by atoms with Crippen LogP contribution in [0.1, 0.15) is 18.1 Å². The number of hydrogen-bond acceptors (Lipinski definition) is 2. The first-order valence-electron chi connectivity index (χ1n) is 4.76. The molecule has 0 radical (unpaired) electrons. The van der Waals surface area contributed by atoms with Crippen LogP contribution in [-0.4, -0.2) is 12.6 Å². The molecule has 1 aromatic rings. The highest BCUT2D eigenvalue weighted by atomic mass is 79.9. The van der Waals surface area contributed by atoms with E-state index in [1.165, 1.54) is 0 Å². The minimum atomic E-state index is -0.203. The van der Waals surface area contributed by atoms with Gasteiger partial charge in [0.2, 0.25) is 0 Å². The monoisotopic (exact) mass is 412 g/mol. The summed E-state index contributed by atoms with van der Waals surface area (Å²) in [6, 6.07) is 3.94. The highest BCUT2D eigenvalue weighted by molar-refractivity contribution is 9.11. The van der Waals surface area contributed by atoms with E-state index in [0.29, 0.717) is 13.0 Å². The molecule has 0 spiro atoms. The molecular formula is C11H11Br3O2. The molecule has 0 unspecified atom stereocenters. The molecule has 2 nitrogen and oxygen atoms in total. The Labute approximate surface area is 120 Å². The number of ether oxygens (including phenoxy) is 1. The normalized spacial score (nSPS) is 10.2. The molecule has 0 aliphatic carbocycles. The van der Waals surface area contributed by atoms with Gasteiger partial charge in [0.25, 0.3) is 0 Å². The van der Waals surface area contributed by atoms with Gasteiger partial charge < -0.3 is 4.74 Å². The lowest BCUT2D eigenvalue weighted by Gasteiger charge is -2.08. The van der Waals surface area contributed by atoms with Crippen molar-refractivity contribution in [3.05, 3.63) is 32.2 Å². The maximum Gasteiger partial charge on any atom is 0.310 e. The molecule has 0 aliphatic rings. The van der Waals surface area contributed by atoms with Gasteiger partial charge in [-0.05, 0) is 24.1 Å². The van der Waals surface area contributed by atoms with Crippen LogP contribution < -0.4 is 0 Å². The topological polar surface area (TPSA) is 26.3 Å². The molecule has 0 aromatic heterocycles. The Balaban J connectivity index is 2.91. The molecule has 0 atom stereocenters. The van der Waals surface area contributed by atoms with Crippen molar-refractivity contribution in [1.29, 1.82) is 0 Å². The fraction of sp³-hybridized carbons (Fsp3) is 0.364. The Morgan fingerprint density at radius 1 is 1.25 bits per heavy atom. The van der Waals surface area contributed by atoms with E-state index >= 15 is 0 Å². The van der Waals surface area contributed by atoms with Crippen LogP contribution in [0.25, 0.3) is 0 Å².